The van der Waals surface area contributed by atoms with Gasteiger partial charge >= 0.3 is 6.18 Å². The van der Waals surface area contributed by atoms with Crippen molar-refractivity contribution in [1.29, 1.82) is 0 Å². The Kier molecular flexibility index (Phi) is 10.6. The van der Waals surface area contributed by atoms with Crippen molar-refractivity contribution in [2.24, 2.45) is 10.9 Å². The first kappa shape index (κ1) is 25.4. The summed E-state index contributed by atoms with van der Waals surface area (Å²) in [5, 5.41) is 6.66. The summed E-state index contributed by atoms with van der Waals surface area (Å²) < 4.78 is 41.1. The number of alkyl halides is 3. The molecule has 0 amide bonds. The molecule has 6 nitrogen and oxygen atoms in total. The number of nitrogens with zero attached hydrogens (tertiary/aromatic N) is 3. The van der Waals surface area contributed by atoms with Crippen molar-refractivity contribution in [3.05, 3.63) is 35.4 Å². The zero-order chi connectivity index (χ0) is 22.7. The molecule has 0 spiro atoms. The maximum atomic E-state index is 12.1. The maximum absolute atomic E-state index is 12.1. The van der Waals surface area contributed by atoms with Crippen LogP contribution in [0.15, 0.2) is 29.3 Å². The molecule has 1 atom stereocenters. The molecule has 31 heavy (non-hydrogen) atoms. The minimum atomic E-state index is -4.30. The van der Waals surface area contributed by atoms with E-state index >= 15 is 0 Å². The third kappa shape index (κ3) is 10.3. The molecule has 1 fully saturated rings. The number of hydrogen-bond acceptors (Lipinski definition) is 4. The van der Waals surface area contributed by atoms with Gasteiger partial charge in [-0.2, -0.15) is 13.2 Å². The lowest BCUT2D eigenvalue weighted by atomic mass is 10.1. The largest absolute Gasteiger partial charge is 0.411 e. The average molecular weight is 444 g/mol. The van der Waals surface area contributed by atoms with E-state index in [0.29, 0.717) is 18.0 Å². The van der Waals surface area contributed by atoms with Gasteiger partial charge in [0.05, 0.1) is 6.61 Å². The lowest BCUT2D eigenvalue weighted by molar-refractivity contribution is -0.176. The van der Waals surface area contributed by atoms with Gasteiger partial charge in [-0.25, -0.2) is 0 Å². The highest BCUT2D eigenvalue weighted by Gasteiger charge is 2.27. The number of halogens is 3. The monoisotopic (exact) mass is 443 g/mol. The number of likely N-dealkylation sites (N-methyl/N-ethyl adjacent to an activating group) is 1. The third-order valence-electron chi connectivity index (χ3n) is 5.34. The topological polar surface area (TPSA) is 52.1 Å². The van der Waals surface area contributed by atoms with Gasteiger partial charge in [-0.15, -0.1) is 0 Å². The first-order valence-corrected chi connectivity index (χ1v) is 10.9. The van der Waals surface area contributed by atoms with Crippen molar-refractivity contribution in [2.75, 3.05) is 59.5 Å². The molecule has 176 valence electrons. The first-order valence-electron chi connectivity index (χ1n) is 10.9. The molecule has 0 aromatic heterocycles. The zero-order valence-electron chi connectivity index (χ0n) is 18.8. The fraction of sp³-hybridized carbons (Fsp3) is 0.682. The summed E-state index contributed by atoms with van der Waals surface area (Å²) in [6.45, 7) is 11.3. The van der Waals surface area contributed by atoms with Gasteiger partial charge in [0.15, 0.2) is 5.96 Å². The number of aliphatic imine (C=N–C) groups is 1. The molecule has 9 heteroatoms. The fourth-order valence-electron chi connectivity index (χ4n) is 3.51. The summed E-state index contributed by atoms with van der Waals surface area (Å²) in [5.41, 5.74) is 1.73. The minimum absolute atomic E-state index is 0.0537. The Morgan fingerprint density at radius 1 is 1.06 bits per heavy atom. The molecule has 1 saturated heterocycles. The Labute approximate surface area is 183 Å². The quantitative estimate of drug-likeness (QED) is 0.430. The summed E-state index contributed by atoms with van der Waals surface area (Å²) in [6.07, 6.45) is -4.30. The van der Waals surface area contributed by atoms with E-state index in [1.807, 2.05) is 12.1 Å². The molecule has 0 aliphatic carbocycles. The van der Waals surface area contributed by atoms with E-state index < -0.39 is 12.8 Å². The number of nitrogens with one attached hydrogen (secondary N) is 2. The van der Waals surface area contributed by atoms with Crippen molar-refractivity contribution < 1.29 is 17.9 Å². The van der Waals surface area contributed by atoms with Crippen LogP contribution in [0.25, 0.3) is 0 Å². The molecule has 1 aliphatic heterocycles. The summed E-state index contributed by atoms with van der Waals surface area (Å²) >= 11 is 0. The minimum Gasteiger partial charge on any atom is -0.367 e. The van der Waals surface area contributed by atoms with Crippen molar-refractivity contribution in [3.8, 4) is 0 Å². The van der Waals surface area contributed by atoms with E-state index in [0.717, 1.165) is 57.3 Å². The van der Waals surface area contributed by atoms with Gasteiger partial charge in [-0.1, -0.05) is 38.1 Å². The smallest absolute Gasteiger partial charge is 0.367 e. The zero-order valence-corrected chi connectivity index (χ0v) is 18.8. The van der Waals surface area contributed by atoms with Crippen molar-refractivity contribution in [3.63, 3.8) is 0 Å². The molecule has 2 rings (SSSR count). The van der Waals surface area contributed by atoms with E-state index in [9.17, 15) is 13.2 Å². The molecule has 1 aromatic carbocycles. The van der Waals surface area contributed by atoms with Crippen molar-refractivity contribution >= 4 is 5.96 Å². The predicted molar refractivity (Wildman–Crippen MR) is 118 cm³/mol. The molecule has 0 bridgehead atoms. The van der Waals surface area contributed by atoms with Crippen LogP contribution in [-0.2, 0) is 17.9 Å². The molecule has 1 aliphatic rings. The fourth-order valence-corrected chi connectivity index (χ4v) is 3.51. The molecule has 1 unspecified atom stereocenters. The van der Waals surface area contributed by atoms with Crippen molar-refractivity contribution in [1.82, 2.24) is 20.4 Å². The Balaban J connectivity index is 1.66. The van der Waals surface area contributed by atoms with Crippen LogP contribution in [0.4, 0.5) is 13.2 Å². The van der Waals surface area contributed by atoms with Crippen LogP contribution in [-0.4, -0.2) is 81.4 Å². The Hall–Kier alpha value is -1.84. The highest BCUT2D eigenvalue weighted by molar-refractivity contribution is 5.79. The molecule has 1 aromatic rings. The molecule has 2 N–H and O–H groups in total. The molecular weight excluding hydrogens is 407 g/mol. The summed E-state index contributed by atoms with van der Waals surface area (Å²) in [5.74, 6) is 1.24. The summed E-state index contributed by atoms with van der Waals surface area (Å²) in [6, 6.07) is 7.32. The Bertz CT molecular complexity index is 658. The van der Waals surface area contributed by atoms with E-state index in [1.54, 1.807) is 19.2 Å². The second-order valence-electron chi connectivity index (χ2n) is 8.07. The normalized spacial score (nSPS) is 17.5. The van der Waals surface area contributed by atoms with Crippen LogP contribution >= 0.6 is 0 Å². The second kappa shape index (κ2) is 12.9. The SMILES string of the molecule is CCN1CCN(CC(C)CNC(=NC)NCc2ccc(COCC(F)(F)F)cc2)CC1. The molecule has 0 saturated carbocycles. The first-order chi connectivity index (χ1) is 14.8. The highest BCUT2D eigenvalue weighted by Crippen LogP contribution is 2.15. The summed E-state index contributed by atoms with van der Waals surface area (Å²) in [4.78, 5) is 9.27. The number of guanidine groups is 1. The van der Waals surface area contributed by atoms with Gasteiger partial charge in [0.1, 0.15) is 6.61 Å². The number of benzene rings is 1. The molecule has 1 heterocycles. The highest BCUT2D eigenvalue weighted by atomic mass is 19.4. The van der Waals surface area contributed by atoms with Gasteiger partial charge in [0.2, 0.25) is 0 Å². The van der Waals surface area contributed by atoms with Crippen LogP contribution < -0.4 is 10.6 Å². The average Bonchev–Trinajstić information content (AvgIpc) is 2.74. The lowest BCUT2D eigenvalue weighted by Gasteiger charge is -2.35. The third-order valence-corrected chi connectivity index (χ3v) is 5.34. The lowest BCUT2D eigenvalue weighted by Crippen LogP contribution is -2.48. The van der Waals surface area contributed by atoms with Crippen LogP contribution in [0.2, 0.25) is 0 Å². The van der Waals surface area contributed by atoms with E-state index in [-0.39, 0.29) is 6.61 Å². The maximum Gasteiger partial charge on any atom is 0.411 e. The Morgan fingerprint density at radius 3 is 2.26 bits per heavy atom. The number of ether oxygens (including phenoxy) is 1. The molecule has 0 radical (unpaired) electrons. The van der Waals surface area contributed by atoms with Crippen LogP contribution in [0.1, 0.15) is 25.0 Å². The van der Waals surface area contributed by atoms with Crippen LogP contribution in [0, 0.1) is 5.92 Å². The van der Waals surface area contributed by atoms with E-state index in [2.05, 4.69) is 44.0 Å². The predicted octanol–water partition coefficient (Wildman–Crippen LogP) is 2.70. The molecular formula is C22H36F3N5O. The van der Waals surface area contributed by atoms with Gasteiger partial charge in [0, 0.05) is 52.9 Å². The van der Waals surface area contributed by atoms with Gasteiger partial charge in [-0.05, 0) is 23.6 Å². The van der Waals surface area contributed by atoms with Gasteiger partial charge in [-0.3, -0.25) is 4.99 Å². The van der Waals surface area contributed by atoms with Gasteiger partial charge < -0.3 is 25.2 Å². The van der Waals surface area contributed by atoms with E-state index in [4.69, 9.17) is 0 Å². The number of rotatable bonds is 10. The summed E-state index contributed by atoms with van der Waals surface area (Å²) in [7, 11) is 1.74. The van der Waals surface area contributed by atoms with Crippen molar-refractivity contribution in [2.45, 2.75) is 33.2 Å². The Morgan fingerprint density at radius 2 is 1.68 bits per heavy atom. The standard InChI is InChI=1S/C22H36F3N5O/c1-4-29-9-11-30(12-10-29)15-18(2)13-27-21(26-3)28-14-19-5-7-20(8-6-19)16-31-17-22(23,24)25/h5-8,18H,4,9-17H2,1-3H3,(H2,26,27,28). The van der Waals surface area contributed by atoms with Gasteiger partial charge in [0.25, 0.3) is 0 Å². The van der Waals surface area contributed by atoms with E-state index in [1.165, 1.54) is 0 Å². The van der Waals surface area contributed by atoms with Crippen LogP contribution in [0.5, 0.6) is 0 Å². The number of piperazine rings is 1. The number of hydrogen-bond donors (Lipinski definition) is 2. The van der Waals surface area contributed by atoms with Crippen LogP contribution in [0.3, 0.4) is 0 Å². The second-order valence-corrected chi connectivity index (χ2v) is 8.07.